The minimum atomic E-state index is 0.222. The monoisotopic (exact) mass is 310 g/mol. The Morgan fingerprint density at radius 2 is 1.78 bits per heavy atom. The number of nitrogens with zero attached hydrogens (tertiary/aromatic N) is 4. The van der Waals surface area contributed by atoms with Gasteiger partial charge in [-0.2, -0.15) is 15.0 Å². The van der Waals surface area contributed by atoms with Crippen molar-refractivity contribution in [2.45, 2.75) is 57.0 Å². The van der Waals surface area contributed by atoms with E-state index < -0.39 is 0 Å². The van der Waals surface area contributed by atoms with Crippen molar-refractivity contribution in [2.24, 2.45) is 0 Å². The molecule has 23 heavy (non-hydrogen) atoms. The van der Waals surface area contributed by atoms with Crippen LogP contribution in [0.25, 0.3) is 5.69 Å². The molecule has 1 heterocycles. The van der Waals surface area contributed by atoms with Crippen molar-refractivity contribution < 1.29 is 4.79 Å². The minimum absolute atomic E-state index is 0.222. The molecular weight excluding hydrogens is 288 g/mol. The number of benzene rings is 1. The summed E-state index contributed by atoms with van der Waals surface area (Å²) >= 11 is 0. The zero-order chi connectivity index (χ0) is 15.6. The lowest BCUT2D eigenvalue weighted by molar-refractivity contribution is -0.133. The predicted octanol–water partition coefficient (Wildman–Crippen LogP) is 2.74. The Morgan fingerprint density at radius 3 is 2.48 bits per heavy atom. The zero-order valence-electron chi connectivity index (χ0n) is 13.3. The molecule has 2 saturated carbocycles. The van der Waals surface area contributed by atoms with Gasteiger partial charge in [-0.1, -0.05) is 31.0 Å². The summed E-state index contributed by atoms with van der Waals surface area (Å²) in [6.07, 6.45) is 9.25. The summed E-state index contributed by atoms with van der Waals surface area (Å²) in [4.78, 5) is 16.5. The van der Waals surface area contributed by atoms with Gasteiger partial charge in [0.1, 0.15) is 0 Å². The smallest absolute Gasteiger partial charge is 0.229 e. The number of aromatic nitrogens is 3. The van der Waals surface area contributed by atoms with E-state index in [0.29, 0.717) is 18.5 Å². The van der Waals surface area contributed by atoms with E-state index >= 15 is 0 Å². The molecule has 0 unspecified atom stereocenters. The third-order valence-corrected chi connectivity index (χ3v) is 4.81. The second kappa shape index (κ2) is 6.14. The number of carbonyl (C=O) groups is 1. The summed E-state index contributed by atoms with van der Waals surface area (Å²) in [5.74, 6) is 0.222. The van der Waals surface area contributed by atoms with Crippen LogP contribution in [0.1, 0.15) is 44.2 Å². The van der Waals surface area contributed by atoms with Crippen LogP contribution >= 0.6 is 0 Å². The summed E-state index contributed by atoms with van der Waals surface area (Å²) < 4.78 is 0. The van der Waals surface area contributed by atoms with Gasteiger partial charge in [0.05, 0.1) is 24.0 Å². The molecule has 2 aliphatic carbocycles. The van der Waals surface area contributed by atoms with E-state index in [0.717, 1.165) is 11.4 Å². The molecule has 120 valence electrons. The summed E-state index contributed by atoms with van der Waals surface area (Å²) in [5, 5.41) is 8.76. The Hall–Kier alpha value is -2.17. The fraction of sp³-hybridized carbons (Fsp3) is 0.500. The predicted molar refractivity (Wildman–Crippen MR) is 87.2 cm³/mol. The SMILES string of the molecule is O=C(Cc1cnn(-c2ccccc2)n1)N(C1CCCC1)C1CC1. The third-order valence-electron chi connectivity index (χ3n) is 4.81. The molecule has 0 atom stereocenters. The largest absolute Gasteiger partial charge is 0.336 e. The Morgan fingerprint density at radius 1 is 1.09 bits per heavy atom. The molecule has 0 saturated heterocycles. The number of amides is 1. The topological polar surface area (TPSA) is 51.0 Å². The Kier molecular flexibility index (Phi) is 3.85. The first-order chi connectivity index (χ1) is 11.3. The van der Waals surface area contributed by atoms with Crippen LogP contribution in [-0.4, -0.2) is 37.9 Å². The second-order valence-corrected chi connectivity index (χ2v) is 6.61. The number of hydrogen-bond acceptors (Lipinski definition) is 3. The van der Waals surface area contributed by atoms with Crippen LogP contribution in [0.15, 0.2) is 36.5 Å². The molecule has 1 aromatic carbocycles. The van der Waals surface area contributed by atoms with Crippen molar-refractivity contribution in [1.29, 1.82) is 0 Å². The summed E-state index contributed by atoms with van der Waals surface area (Å²) in [5.41, 5.74) is 1.67. The first kappa shape index (κ1) is 14.4. The highest BCUT2D eigenvalue weighted by Crippen LogP contribution is 2.34. The maximum Gasteiger partial charge on any atom is 0.229 e. The summed E-state index contributed by atoms with van der Waals surface area (Å²) in [6.45, 7) is 0. The second-order valence-electron chi connectivity index (χ2n) is 6.61. The van der Waals surface area contributed by atoms with E-state index in [4.69, 9.17) is 0 Å². The maximum absolute atomic E-state index is 12.8. The normalized spacial score (nSPS) is 18.3. The molecule has 5 heteroatoms. The van der Waals surface area contributed by atoms with E-state index in [1.54, 1.807) is 11.0 Å². The van der Waals surface area contributed by atoms with Gasteiger partial charge in [0.2, 0.25) is 5.91 Å². The van der Waals surface area contributed by atoms with Crippen LogP contribution in [0.2, 0.25) is 0 Å². The van der Waals surface area contributed by atoms with Gasteiger partial charge in [-0.25, -0.2) is 0 Å². The third kappa shape index (κ3) is 3.14. The van der Waals surface area contributed by atoms with Gasteiger partial charge in [-0.3, -0.25) is 4.79 Å². The van der Waals surface area contributed by atoms with Crippen molar-refractivity contribution in [3.8, 4) is 5.69 Å². The fourth-order valence-electron chi connectivity index (χ4n) is 3.55. The van der Waals surface area contributed by atoms with Gasteiger partial charge < -0.3 is 4.90 Å². The lowest BCUT2D eigenvalue weighted by Gasteiger charge is -2.28. The fourth-order valence-corrected chi connectivity index (χ4v) is 3.55. The van der Waals surface area contributed by atoms with Crippen molar-refractivity contribution in [2.75, 3.05) is 0 Å². The van der Waals surface area contributed by atoms with Gasteiger partial charge in [0.15, 0.2) is 0 Å². The Balaban J connectivity index is 1.46. The number of carbonyl (C=O) groups excluding carboxylic acids is 1. The minimum Gasteiger partial charge on any atom is -0.336 e. The lowest BCUT2D eigenvalue weighted by Crippen LogP contribution is -2.41. The van der Waals surface area contributed by atoms with Crippen molar-refractivity contribution in [3.05, 3.63) is 42.2 Å². The number of para-hydroxylation sites is 1. The van der Waals surface area contributed by atoms with Gasteiger partial charge in [-0.15, -0.1) is 0 Å². The van der Waals surface area contributed by atoms with E-state index in [9.17, 15) is 4.79 Å². The molecule has 0 bridgehead atoms. The van der Waals surface area contributed by atoms with Crippen LogP contribution in [0, 0.1) is 0 Å². The lowest BCUT2D eigenvalue weighted by atomic mass is 10.1. The molecule has 2 aromatic rings. The van der Waals surface area contributed by atoms with Crippen molar-refractivity contribution in [1.82, 2.24) is 19.9 Å². The van der Waals surface area contributed by atoms with Gasteiger partial charge >= 0.3 is 0 Å². The molecule has 1 amide bonds. The van der Waals surface area contributed by atoms with E-state index in [1.165, 1.54) is 38.5 Å². The maximum atomic E-state index is 12.8. The van der Waals surface area contributed by atoms with E-state index in [2.05, 4.69) is 15.1 Å². The number of rotatable bonds is 5. The highest BCUT2D eigenvalue weighted by Gasteiger charge is 2.38. The molecule has 4 rings (SSSR count). The van der Waals surface area contributed by atoms with E-state index in [1.807, 2.05) is 30.3 Å². The average Bonchev–Trinajstić information content (AvgIpc) is 3.06. The highest BCUT2D eigenvalue weighted by atomic mass is 16.2. The van der Waals surface area contributed by atoms with Gasteiger partial charge in [-0.05, 0) is 37.8 Å². The molecule has 1 aromatic heterocycles. The molecule has 0 spiro atoms. The van der Waals surface area contributed by atoms with Crippen LogP contribution in [0.5, 0.6) is 0 Å². The molecule has 2 aliphatic rings. The van der Waals surface area contributed by atoms with Crippen LogP contribution in [0.4, 0.5) is 0 Å². The van der Waals surface area contributed by atoms with Crippen LogP contribution in [0.3, 0.4) is 0 Å². The van der Waals surface area contributed by atoms with Crippen molar-refractivity contribution in [3.63, 3.8) is 0 Å². The molecule has 0 aliphatic heterocycles. The Labute approximate surface area is 136 Å². The van der Waals surface area contributed by atoms with Crippen LogP contribution in [-0.2, 0) is 11.2 Å². The van der Waals surface area contributed by atoms with Crippen molar-refractivity contribution >= 4 is 5.91 Å². The molecule has 0 N–H and O–H groups in total. The first-order valence-corrected chi connectivity index (χ1v) is 8.59. The first-order valence-electron chi connectivity index (χ1n) is 8.59. The van der Waals surface area contributed by atoms with Crippen LogP contribution < -0.4 is 0 Å². The standard InChI is InChI=1S/C18H22N4O/c23-18(21(16-10-11-16)15-6-4-5-7-15)12-14-13-19-22(20-14)17-8-2-1-3-9-17/h1-3,8-9,13,15-16H,4-7,10-12H2. The summed E-state index contributed by atoms with van der Waals surface area (Å²) in [6, 6.07) is 10.7. The zero-order valence-corrected chi connectivity index (χ0v) is 13.3. The molecular formula is C18H22N4O. The number of hydrogen-bond donors (Lipinski definition) is 0. The Bertz CT molecular complexity index is 671. The highest BCUT2D eigenvalue weighted by molar-refractivity contribution is 5.79. The quantitative estimate of drug-likeness (QED) is 0.853. The molecule has 0 radical (unpaired) electrons. The van der Waals surface area contributed by atoms with Gasteiger partial charge in [0, 0.05) is 12.1 Å². The van der Waals surface area contributed by atoms with E-state index in [-0.39, 0.29) is 5.91 Å². The van der Waals surface area contributed by atoms with Gasteiger partial charge in [0.25, 0.3) is 0 Å². The average molecular weight is 310 g/mol. The summed E-state index contributed by atoms with van der Waals surface area (Å²) in [7, 11) is 0. The molecule has 2 fully saturated rings. The molecule has 5 nitrogen and oxygen atoms in total.